The molecule has 0 radical (unpaired) electrons. The van der Waals surface area contributed by atoms with E-state index >= 15 is 0 Å². The molecule has 0 spiro atoms. The number of ether oxygens (including phenoxy) is 1. The van der Waals surface area contributed by atoms with Crippen molar-refractivity contribution < 1.29 is 9.53 Å². The van der Waals surface area contributed by atoms with Gasteiger partial charge in [0, 0.05) is 0 Å². The van der Waals surface area contributed by atoms with E-state index in [-0.39, 0.29) is 6.09 Å². The summed E-state index contributed by atoms with van der Waals surface area (Å²) in [4.78, 5) is 11.1. The van der Waals surface area contributed by atoms with Crippen molar-refractivity contribution in [3.63, 3.8) is 0 Å². The van der Waals surface area contributed by atoms with E-state index in [0.29, 0.717) is 6.61 Å². The van der Waals surface area contributed by atoms with Gasteiger partial charge in [-0.3, -0.25) is 0 Å². The SMILES string of the molecule is O=C(Nc1ccccc1)OC[CH2][SnH2+]. The Hall–Kier alpha value is -0.711. The number of rotatable bonds is 3. The first-order chi connectivity index (χ1) is 6.33. The number of nitrogens with one attached hydrogen (secondary N) is 1. The normalized spacial score (nSPS) is 9.23. The Morgan fingerprint density at radius 1 is 1.38 bits per heavy atom. The van der Waals surface area contributed by atoms with Crippen LogP contribution in [0.25, 0.3) is 0 Å². The molecule has 0 saturated carbocycles. The van der Waals surface area contributed by atoms with Crippen molar-refractivity contribution in [2.75, 3.05) is 11.9 Å². The van der Waals surface area contributed by atoms with Gasteiger partial charge >= 0.3 is 90.5 Å². The molecule has 1 aromatic rings. The summed E-state index contributed by atoms with van der Waals surface area (Å²) in [5.41, 5.74) is 0.767. The molecule has 0 unspecified atom stereocenters. The average Bonchev–Trinajstić information content (AvgIpc) is 2.16. The number of hydrogen-bond donors (Lipinski definition) is 1. The first-order valence-electron chi connectivity index (χ1n) is 4.11. The Balaban J connectivity index is 2.37. The molecule has 0 heterocycles. The third kappa shape index (κ3) is 4.17. The number of hydrogen-bond acceptors (Lipinski definition) is 2. The quantitative estimate of drug-likeness (QED) is 0.850. The van der Waals surface area contributed by atoms with Crippen molar-refractivity contribution >= 4 is 34.3 Å². The molecule has 68 valence electrons. The Morgan fingerprint density at radius 3 is 2.69 bits per heavy atom. The summed E-state index contributed by atoms with van der Waals surface area (Å²) < 4.78 is 5.89. The first kappa shape index (κ1) is 10.4. The van der Waals surface area contributed by atoms with Crippen LogP contribution in [0.5, 0.6) is 0 Å². The van der Waals surface area contributed by atoms with Crippen LogP contribution >= 0.6 is 0 Å². The second-order valence-corrected chi connectivity index (χ2v) is 4.50. The molecule has 1 amide bonds. The van der Waals surface area contributed by atoms with Crippen molar-refractivity contribution in [1.82, 2.24) is 0 Å². The zero-order valence-electron chi connectivity index (χ0n) is 7.32. The van der Waals surface area contributed by atoms with E-state index in [0.717, 1.165) is 32.6 Å². The molecule has 4 heteroatoms. The van der Waals surface area contributed by atoms with Crippen LogP contribution in [0, 0.1) is 0 Å². The molecule has 0 aliphatic carbocycles. The van der Waals surface area contributed by atoms with Gasteiger partial charge < -0.3 is 0 Å². The maximum atomic E-state index is 11.1. The summed E-state index contributed by atoms with van der Waals surface area (Å²) >= 11 is 0.862. The molecule has 1 N–H and O–H groups in total. The zero-order chi connectivity index (χ0) is 9.52. The zero-order valence-corrected chi connectivity index (χ0v) is 11.4. The molecule has 13 heavy (non-hydrogen) atoms. The standard InChI is InChI=1S/C9H10NO2.Sn.2H/c1-2-12-9(11)10-8-6-4-3-5-7-8;;;/h3-7H,1-2H2,(H,10,11);;;/q;+1;;. The van der Waals surface area contributed by atoms with Gasteiger partial charge in [0.05, 0.1) is 0 Å². The van der Waals surface area contributed by atoms with Crippen LogP contribution in [0.4, 0.5) is 10.5 Å². The number of carbonyl (C=O) groups is 1. The summed E-state index contributed by atoms with van der Waals surface area (Å²) in [5, 5.41) is 2.63. The van der Waals surface area contributed by atoms with Gasteiger partial charge in [0.25, 0.3) is 0 Å². The summed E-state index contributed by atoms with van der Waals surface area (Å²) in [6.45, 7) is 0.533. The van der Waals surface area contributed by atoms with E-state index in [1.807, 2.05) is 30.3 Å². The second kappa shape index (κ2) is 5.85. The molecule has 1 aromatic carbocycles. The summed E-state index contributed by atoms with van der Waals surface area (Å²) in [7, 11) is 0. The van der Waals surface area contributed by atoms with Crippen LogP contribution in [0.1, 0.15) is 0 Å². The predicted octanol–water partition coefficient (Wildman–Crippen LogP) is 1.29. The fourth-order valence-corrected chi connectivity index (χ4v) is 1.25. The second-order valence-electron chi connectivity index (χ2n) is 2.48. The van der Waals surface area contributed by atoms with Crippen LogP contribution in [0.3, 0.4) is 0 Å². The summed E-state index contributed by atoms with van der Waals surface area (Å²) in [5.74, 6) is 0. The van der Waals surface area contributed by atoms with Crippen molar-refractivity contribution in [3.05, 3.63) is 30.3 Å². The molecule has 0 atom stereocenters. The Morgan fingerprint density at radius 2 is 2.08 bits per heavy atom. The third-order valence-corrected chi connectivity index (χ3v) is 2.22. The van der Waals surface area contributed by atoms with Gasteiger partial charge in [0.15, 0.2) is 0 Å². The molecule has 0 aliphatic rings. The number of amides is 1. The van der Waals surface area contributed by atoms with Crippen LogP contribution in [0.2, 0.25) is 4.44 Å². The molecule has 1 rings (SSSR count). The van der Waals surface area contributed by atoms with Crippen molar-refractivity contribution in [2.24, 2.45) is 0 Å². The van der Waals surface area contributed by atoms with Crippen LogP contribution in [0.15, 0.2) is 30.3 Å². The van der Waals surface area contributed by atoms with Crippen LogP contribution < -0.4 is 5.32 Å². The third-order valence-electron chi connectivity index (χ3n) is 1.40. The Kier molecular flexibility index (Phi) is 4.67. The monoisotopic (exact) mass is 286 g/mol. The molecule has 0 saturated heterocycles. The summed E-state index contributed by atoms with van der Waals surface area (Å²) in [6, 6.07) is 9.27. The van der Waals surface area contributed by atoms with Crippen molar-refractivity contribution in [3.8, 4) is 0 Å². The van der Waals surface area contributed by atoms with E-state index in [2.05, 4.69) is 5.32 Å². The van der Waals surface area contributed by atoms with Crippen LogP contribution in [-0.4, -0.2) is 35.2 Å². The number of benzene rings is 1. The van der Waals surface area contributed by atoms with E-state index < -0.39 is 0 Å². The van der Waals surface area contributed by atoms with E-state index in [1.54, 1.807) is 0 Å². The molecule has 0 aromatic heterocycles. The van der Waals surface area contributed by atoms with Gasteiger partial charge in [-0.15, -0.1) is 0 Å². The molecule has 3 nitrogen and oxygen atoms in total. The molecular formula is C9H12NO2Sn+. The van der Waals surface area contributed by atoms with Crippen molar-refractivity contribution in [2.45, 2.75) is 4.44 Å². The first-order valence-corrected chi connectivity index (χ1v) is 6.96. The fourth-order valence-electron chi connectivity index (χ4n) is 0.840. The van der Waals surface area contributed by atoms with Gasteiger partial charge in [-0.25, -0.2) is 0 Å². The van der Waals surface area contributed by atoms with Gasteiger partial charge in [-0.1, -0.05) is 0 Å². The molecule has 0 fully saturated rings. The van der Waals surface area contributed by atoms with E-state index in [9.17, 15) is 4.79 Å². The maximum absolute atomic E-state index is 11.1. The number of para-hydroxylation sites is 1. The average molecular weight is 285 g/mol. The summed E-state index contributed by atoms with van der Waals surface area (Å²) in [6.07, 6.45) is -0.368. The van der Waals surface area contributed by atoms with Crippen molar-refractivity contribution in [1.29, 1.82) is 0 Å². The number of anilines is 1. The predicted molar refractivity (Wildman–Crippen MR) is 54.8 cm³/mol. The Labute approximate surface area is 90.6 Å². The van der Waals surface area contributed by atoms with Crippen LogP contribution in [-0.2, 0) is 4.74 Å². The Bertz CT molecular complexity index is 264. The minimum atomic E-state index is -0.368. The topological polar surface area (TPSA) is 38.3 Å². The van der Waals surface area contributed by atoms with Gasteiger partial charge in [-0.2, -0.15) is 0 Å². The van der Waals surface area contributed by atoms with Gasteiger partial charge in [0.2, 0.25) is 0 Å². The molecule has 0 aliphatic heterocycles. The van der Waals surface area contributed by atoms with Gasteiger partial charge in [-0.05, 0) is 0 Å². The minimum absolute atomic E-state index is 0.368. The number of carbonyl (C=O) groups excluding carboxylic acids is 1. The van der Waals surface area contributed by atoms with Gasteiger partial charge in [0.1, 0.15) is 0 Å². The molecular weight excluding hydrogens is 273 g/mol. The van der Waals surface area contributed by atoms with E-state index in [4.69, 9.17) is 4.74 Å². The fraction of sp³-hybridized carbons (Fsp3) is 0.222. The molecule has 0 bridgehead atoms. The van der Waals surface area contributed by atoms with E-state index in [1.165, 1.54) is 0 Å².